The van der Waals surface area contributed by atoms with E-state index in [0.717, 1.165) is 15.6 Å². The van der Waals surface area contributed by atoms with Crippen molar-refractivity contribution in [1.29, 1.82) is 0 Å². The molecule has 0 aromatic heterocycles. The molecule has 7 nitrogen and oxygen atoms in total. The smallest absolute Gasteiger partial charge is 0.276 e. The highest BCUT2D eigenvalue weighted by molar-refractivity contribution is 9.10. The minimum atomic E-state index is -0.465. The number of nitrogens with one attached hydrogen (secondary N) is 3. The molecule has 29 heavy (non-hydrogen) atoms. The second-order valence-corrected chi connectivity index (χ2v) is 7.47. The first-order valence-corrected chi connectivity index (χ1v) is 10.0. The molecule has 9 heteroatoms. The van der Waals surface area contributed by atoms with Crippen LogP contribution in [-0.2, 0) is 4.79 Å². The Labute approximate surface area is 183 Å². The van der Waals surface area contributed by atoms with E-state index in [1.807, 2.05) is 39.0 Å². The van der Waals surface area contributed by atoms with Crippen molar-refractivity contribution in [2.45, 2.75) is 20.8 Å². The molecule has 0 aliphatic rings. The SMILES string of the molecule is CCOc1ccc(Br)cc1C(=O)NC(=S)NNC(=O)COc1cc(C)cc(C)c1. The van der Waals surface area contributed by atoms with Crippen molar-refractivity contribution in [2.24, 2.45) is 0 Å². The number of carbonyl (C=O) groups is 2. The molecule has 154 valence electrons. The number of thiocarbonyl (C=S) groups is 1. The predicted octanol–water partition coefficient (Wildman–Crippen LogP) is 3.18. The van der Waals surface area contributed by atoms with Crippen LogP contribution in [0.3, 0.4) is 0 Å². The average molecular weight is 480 g/mol. The van der Waals surface area contributed by atoms with Crippen LogP contribution in [0.1, 0.15) is 28.4 Å². The second kappa shape index (κ2) is 10.8. The van der Waals surface area contributed by atoms with Gasteiger partial charge in [-0.05, 0) is 74.4 Å². The van der Waals surface area contributed by atoms with Crippen molar-refractivity contribution < 1.29 is 19.1 Å². The number of hydrogen-bond acceptors (Lipinski definition) is 5. The van der Waals surface area contributed by atoms with Crippen molar-refractivity contribution in [3.8, 4) is 11.5 Å². The molecular formula is C20H22BrN3O4S. The van der Waals surface area contributed by atoms with E-state index >= 15 is 0 Å². The minimum absolute atomic E-state index is 0.0582. The van der Waals surface area contributed by atoms with E-state index in [2.05, 4.69) is 32.1 Å². The van der Waals surface area contributed by atoms with Crippen LogP contribution in [0.4, 0.5) is 0 Å². The number of aryl methyl sites for hydroxylation is 2. The van der Waals surface area contributed by atoms with Crippen molar-refractivity contribution >= 4 is 45.1 Å². The number of halogens is 1. The van der Waals surface area contributed by atoms with E-state index in [0.29, 0.717) is 23.7 Å². The Morgan fingerprint density at radius 2 is 1.72 bits per heavy atom. The van der Waals surface area contributed by atoms with Crippen molar-refractivity contribution in [2.75, 3.05) is 13.2 Å². The number of benzene rings is 2. The number of ether oxygens (including phenoxy) is 2. The lowest BCUT2D eigenvalue weighted by Crippen LogP contribution is -2.49. The van der Waals surface area contributed by atoms with Crippen LogP contribution in [0.5, 0.6) is 11.5 Å². The molecule has 2 amide bonds. The molecule has 3 N–H and O–H groups in total. The van der Waals surface area contributed by atoms with Crippen LogP contribution in [0.15, 0.2) is 40.9 Å². The summed E-state index contributed by atoms with van der Waals surface area (Å²) in [6, 6.07) is 10.8. The lowest BCUT2D eigenvalue weighted by Gasteiger charge is -2.13. The van der Waals surface area contributed by atoms with Gasteiger partial charge in [0.15, 0.2) is 11.7 Å². The van der Waals surface area contributed by atoms with E-state index in [-0.39, 0.29) is 11.7 Å². The molecule has 2 aromatic rings. The van der Waals surface area contributed by atoms with E-state index in [9.17, 15) is 9.59 Å². The third-order valence-corrected chi connectivity index (χ3v) is 4.29. The van der Waals surface area contributed by atoms with Gasteiger partial charge in [0.25, 0.3) is 11.8 Å². The maximum Gasteiger partial charge on any atom is 0.276 e. The molecule has 0 saturated carbocycles. The number of rotatable bonds is 6. The fourth-order valence-electron chi connectivity index (χ4n) is 2.49. The molecular weight excluding hydrogens is 458 g/mol. The fourth-order valence-corrected chi connectivity index (χ4v) is 3.00. The standard InChI is InChI=1S/C20H22BrN3O4S/c1-4-27-17-6-5-14(21)10-16(17)19(26)22-20(29)24-23-18(25)11-28-15-8-12(2)7-13(3)9-15/h5-10H,4,11H2,1-3H3,(H,23,25)(H2,22,24,26,29). The van der Waals surface area contributed by atoms with Crippen LogP contribution in [0.25, 0.3) is 0 Å². The molecule has 0 aliphatic carbocycles. The number of hydrazine groups is 1. The van der Waals surface area contributed by atoms with Gasteiger partial charge in [0.2, 0.25) is 0 Å². The molecule has 0 fully saturated rings. The van der Waals surface area contributed by atoms with Crippen LogP contribution >= 0.6 is 28.1 Å². The maximum absolute atomic E-state index is 12.4. The Morgan fingerprint density at radius 3 is 2.38 bits per heavy atom. The second-order valence-electron chi connectivity index (χ2n) is 6.14. The quantitative estimate of drug-likeness (QED) is 0.435. The highest BCUT2D eigenvalue weighted by atomic mass is 79.9. The number of amides is 2. The summed E-state index contributed by atoms with van der Waals surface area (Å²) in [5.74, 6) is 0.125. The maximum atomic E-state index is 12.4. The Balaban J connectivity index is 1.84. The highest BCUT2D eigenvalue weighted by Crippen LogP contribution is 2.23. The summed E-state index contributed by atoms with van der Waals surface area (Å²) in [7, 11) is 0. The third kappa shape index (κ3) is 7.35. The lowest BCUT2D eigenvalue weighted by atomic mass is 10.1. The topological polar surface area (TPSA) is 88.7 Å². The third-order valence-electron chi connectivity index (χ3n) is 3.59. The largest absolute Gasteiger partial charge is 0.493 e. The van der Waals surface area contributed by atoms with Crippen molar-refractivity contribution in [1.82, 2.24) is 16.2 Å². The van der Waals surface area contributed by atoms with Gasteiger partial charge >= 0.3 is 0 Å². The van der Waals surface area contributed by atoms with E-state index < -0.39 is 11.8 Å². The summed E-state index contributed by atoms with van der Waals surface area (Å²) in [4.78, 5) is 24.4. The van der Waals surface area contributed by atoms with Gasteiger partial charge in [-0.3, -0.25) is 25.8 Å². The van der Waals surface area contributed by atoms with Crippen LogP contribution in [-0.4, -0.2) is 30.1 Å². The summed E-state index contributed by atoms with van der Waals surface area (Å²) in [5, 5.41) is 2.43. The molecule has 0 aliphatic heterocycles. The Morgan fingerprint density at radius 1 is 1.03 bits per heavy atom. The molecule has 0 atom stereocenters. The molecule has 0 saturated heterocycles. The van der Waals surface area contributed by atoms with Crippen LogP contribution in [0.2, 0.25) is 0 Å². The Bertz CT molecular complexity index is 900. The van der Waals surface area contributed by atoms with Gasteiger partial charge in [-0.1, -0.05) is 22.0 Å². The summed E-state index contributed by atoms with van der Waals surface area (Å²) in [6.07, 6.45) is 0. The Hall–Kier alpha value is -2.65. The van der Waals surface area contributed by atoms with E-state index in [1.54, 1.807) is 18.2 Å². The van der Waals surface area contributed by atoms with Crippen molar-refractivity contribution in [3.05, 3.63) is 57.6 Å². The highest BCUT2D eigenvalue weighted by Gasteiger charge is 2.15. The van der Waals surface area contributed by atoms with Gasteiger partial charge in [-0.25, -0.2) is 0 Å². The fraction of sp³-hybridized carbons (Fsp3) is 0.250. The predicted molar refractivity (Wildman–Crippen MR) is 118 cm³/mol. The van der Waals surface area contributed by atoms with Gasteiger partial charge < -0.3 is 9.47 Å². The Kier molecular flexibility index (Phi) is 8.41. The van der Waals surface area contributed by atoms with Gasteiger partial charge in [0.05, 0.1) is 12.2 Å². The molecule has 0 bridgehead atoms. The molecule has 0 spiro atoms. The van der Waals surface area contributed by atoms with Crippen molar-refractivity contribution in [3.63, 3.8) is 0 Å². The lowest BCUT2D eigenvalue weighted by molar-refractivity contribution is -0.123. The minimum Gasteiger partial charge on any atom is -0.493 e. The van der Waals surface area contributed by atoms with E-state index in [1.165, 1.54) is 0 Å². The number of carbonyl (C=O) groups excluding carboxylic acids is 2. The van der Waals surface area contributed by atoms with Gasteiger partial charge in [0.1, 0.15) is 11.5 Å². The first-order chi connectivity index (χ1) is 13.8. The zero-order valence-electron chi connectivity index (χ0n) is 16.3. The normalized spacial score (nSPS) is 10.1. The zero-order chi connectivity index (χ0) is 21.4. The van der Waals surface area contributed by atoms with Gasteiger partial charge in [-0.2, -0.15) is 0 Å². The molecule has 0 heterocycles. The first kappa shape index (κ1) is 22.6. The zero-order valence-corrected chi connectivity index (χ0v) is 18.7. The molecule has 0 radical (unpaired) electrons. The average Bonchev–Trinajstić information content (AvgIpc) is 2.65. The summed E-state index contributed by atoms with van der Waals surface area (Å²) in [6.45, 7) is 5.94. The summed E-state index contributed by atoms with van der Waals surface area (Å²) < 4.78 is 11.6. The van der Waals surface area contributed by atoms with E-state index in [4.69, 9.17) is 21.7 Å². The van der Waals surface area contributed by atoms with Gasteiger partial charge in [0, 0.05) is 4.47 Å². The van der Waals surface area contributed by atoms with Gasteiger partial charge in [-0.15, -0.1) is 0 Å². The first-order valence-electron chi connectivity index (χ1n) is 8.82. The molecule has 2 rings (SSSR count). The summed E-state index contributed by atoms with van der Waals surface area (Å²) >= 11 is 8.37. The number of hydrogen-bond donors (Lipinski definition) is 3. The van der Waals surface area contributed by atoms with Crippen LogP contribution < -0.4 is 25.6 Å². The summed E-state index contributed by atoms with van der Waals surface area (Å²) in [5.41, 5.74) is 7.26. The van der Waals surface area contributed by atoms with Crippen LogP contribution in [0, 0.1) is 13.8 Å². The monoisotopic (exact) mass is 479 g/mol. The molecule has 0 unspecified atom stereocenters. The molecule has 2 aromatic carbocycles.